The van der Waals surface area contributed by atoms with Gasteiger partial charge < -0.3 is 20.6 Å². The van der Waals surface area contributed by atoms with E-state index in [1.165, 1.54) is 6.07 Å². The molecule has 1 aliphatic rings. The topological polar surface area (TPSA) is 64.6 Å². The second kappa shape index (κ2) is 7.34. The Morgan fingerprint density at radius 1 is 1.25 bits per heavy atom. The molecule has 3 rings (SSSR count). The molecule has 3 atom stereocenters. The first-order valence-electron chi connectivity index (χ1n) is 8.27. The van der Waals surface area contributed by atoms with Gasteiger partial charge in [-0.3, -0.25) is 4.79 Å². The van der Waals surface area contributed by atoms with Gasteiger partial charge in [0.25, 0.3) is 0 Å². The van der Waals surface area contributed by atoms with Crippen molar-refractivity contribution in [3.63, 3.8) is 0 Å². The number of anilines is 1. The summed E-state index contributed by atoms with van der Waals surface area (Å²) in [5.74, 6) is -2.69. The molecule has 3 N–H and O–H groups in total. The lowest BCUT2D eigenvalue weighted by Gasteiger charge is -2.46. The van der Waals surface area contributed by atoms with Gasteiger partial charge in [-0.1, -0.05) is 18.2 Å². The maximum atomic E-state index is 13.9. The zero-order chi connectivity index (χ0) is 20.7. The Morgan fingerprint density at radius 2 is 1.89 bits per heavy atom. The average Bonchev–Trinajstić information content (AvgIpc) is 3.14. The predicted molar refractivity (Wildman–Crippen MR) is 106 cm³/mol. The van der Waals surface area contributed by atoms with Crippen molar-refractivity contribution in [3.05, 3.63) is 52.2 Å². The molecule has 0 bridgehead atoms. The Balaban J connectivity index is 2.11. The molecular weight excluding hydrogens is 411 g/mol. The van der Waals surface area contributed by atoms with Crippen LogP contribution < -0.4 is 15.5 Å². The van der Waals surface area contributed by atoms with Crippen LogP contribution in [0.3, 0.4) is 0 Å². The highest BCUT2D eigenvalue weighted by Crippen LogP contribution is 2.44. The summed E-state index contributed by atoms with van der Waals surface area (Å²) in [7, 11) is 3.66. The lowest BCUT2D eigenvalue weighted by atomic mass is 9.78. The number of carbonyl (C=O) groups is 1. The molecule has 5 nitrogen and oxygen atoms in total. The lowest BCUT2D eigenvalue weighted by Crippen LogP contribution is -2.72. The van der Waals surface area contributed by atoms with Gasteiger partial charge in [0.05, 0.1) is 10.9 Å². The molecule has 0 aliphatic carbocycles. The highest BCUT2D eigenvalue weighted by atomic mass is 32.1. The zero-order valence-electron chi connectivity index (χ0n) is 14.9. The van der Waals surface area contributed by atoms with E-state index in [4.69, 9.17) is 12.2 Å². The third-order valence-corrected chi connectivity index (χ3v) is 5.73. The van der Waals surface area contributed by atoms with Gasteiger partial charge in [-0.25, -0.2) is 0 Å². The molecule has 0 spiro atoms. The van der Waals surface area contributed by atoms with E-state index >= 15 is 0 Å². The highest BCUT2D eigenvalue weighted by molar-refractivity contribution is 7.80. The number of aliphatic hydroxyl groups is 1. The number of hydrogen-bond acceptors (Lipinski definition) is 5. The molecule has 0 radical (unpaired) electrons. The van der Waals surface area contributed by atoms with Gasteiger partial charge in [0.1, 0.15) is 5.92 Å². The second-order valence-corrected chi connectivity index (χ2v) is 8.00. The molecule has 150 valence electrons. The number of Topliss-reactive ketones (excluding diaryl/α,β-unsaturated/α-hetero) is 1. The maximum Gasteiger partial charge on any atom is 0.437 e. The molecule has 1 aliphatic heterocycles. The number of alkyl halides is 3. The van der Waals surface area contributed by atoms with Crippen molar-refractivity contribution in [2.45, 2.75) is 17.9 Å². The summed E-state index contributed by atoms with van der Waals surface area (Å²) in [6.07, 6.45) is -5.13. The number of hydrogen-bond donors (Lipinski definition) is 3. The van der Waals surface area contributed by atoms with Crippen LogP contribution in [0.2, 0.25) is 0 Å². The van der Waals surface area contributed by atoms with Crippen LogP contribution in [0.4, 0.5) is 18.9 Å². The van der Waals surface area contributed by atoms with Crippen LogP contribution in [0.1, 0.15) is 21.3 Å². The average molecular weight is 429 g/mol. The summed E-state index contributed by atoms with van der Waals surface area (Å²) in [5, 5.41) is 16.4. The smallest absolute Gasteiger partial charge is 0.378 e. The first-order chi connectivity index (χ1) is 13.0. The summed E-state index contributed by atoms with van der Waals surface area (Å²) in [5.41, 5.74) is -2.25. The van der Waals surface area contributed by atoms with Gasteiger partial charge >= 0.3 is 6.18 Å². The molecule has 1 aromatic carbocycles. The number of thiophene rings is 1. The summed E-state index contributed by atoms with van der Waals surface area (Å²) < 4.78 is 41.6. The van der Waals surface area contributed by atoms with Crippen LogP contribution >= 0.6 is 23.6 Å². The monoisotopic (exact) mass is 429 g/mol. The summed E-state index contributed by atoms with van der Waals surface area (Å²) in [6.45, 7) is 0. The first kappa shape index (κ1) is 20.6. The number of benzene rings is 1. The van der Waals surface area contributed by atoms with Crippen molar-refractivity contribution in [2.24, 2.45) is 5.92 Å². The van der Waals surface area contributed by atoms with Crippen LogP contribution in [0, 0.1) is 5.92 Å². The summed E-state index contributed by atoms with van der Waals surface area (Å²) in [6, 6.07) is 8.52. The van der Waals surface area contributed by atoms with Gasteiger partial charge in [0.2, 0.25) is 5.72 Å². The molecule has 1 fully saturated rings. The largest absolute Gasteiger partial charge is 0.437 e. The number of carbonyl (C=O) groups excluding carboxylic acids is 1. The Kier molecular flexibility index (Phi) is 5.39. The molecule has 2 aromatic rings. The fourth-order valence-corrected chi connectivity index (χ4v) is 4.16. The molecule has 2 heterocycles. The molecule has 10 heteroatoms. The predicted octanol–water partition coefficient (Wildman–Crippen LogP) is 3.08. The standard InChI is InChI=1S/C18H18F3N3O2S2/c1-24(2)11-7-5-10(6-8-11)14-13(15(25)12-4-3-9-28-12)17(26,18(19,20)21)23-16(27)22-14/h3-9,13-14,26H,1-2H3,(H2,22,23,27)/t13-,14-,17-/m0/s1. The van der Waals surface area contributed by atoms with Gasteiger partial charge in [-0.05, 0) is 41.4 Å². The number of thiocarbonyl (C=S) groups is 1. The highest BCUT2D eigenvalue weighted by Gasteiger charge is 2.65. The third-order valence-electron chi connectivity index (χ3n) is 4.62. The number of rotatable bonds is 4. The van der Waals surface area contributed by atoms with E-state index in [-0.39, 0.29) is 9.99 Å². The van der Waals surface area contributed by atoms with E-state index in [0.717, 1.165) is 17.0 Å². The molecule has 0 amide bonds. The van der Waals surface area contributed by atoms with Crippen LogP contribution in [-0.2, 0) is 0 Å². The first-order valence-corrected chi connectivity index (χ1v) is 9.56. The number of ketones is 1. The van der Waals surface area contributed by atoms with Gasteiger partial charge in [-0.2, -0.15) is 13.2 Å². The quantitative estimate of drug-likeness (QED) is 0.513. The zero-order valence-corrected chi connectivity index (χ0v) is 16.6. The molecule has 0 saturated carbocycles. The van der Waals surface area contributed by atoms with Crippen molar-refractivity contribution in [1.82, 2.24) is 10.6 Å². The minimum atomic E-state index is -5.13. The van der Waals surface area contributed by atoms with Crippen molar-refractivity contribution < 1.29 is 23.1 Å². The summed E-state index contributed by atoms with van der Waals surface area (Å²) >= 11 is 5.93. The van der Waals surface area contributed by atoms with Crippen LogP contribution in [0.25, 0.3) is 0 Å². The lowest BCUT2D eigenvalue weighted by molar-refractivity contribution is -0.285. The normalized spacial score (nSPS) is 25.0. The molecule has 1 saturated heterocycles. The number of halogens is 3. The van der Waals surface area contributed by atoms with Gasteiger partial charge in [0.15, 0.2) is 10.9 Å². The fourth-order valence-electron chi connectivity index (χ4n) is 3.17. The van der Waals surface area contributed by atoms with E-state index in [2.05, 4.69) is 5.32 Å². The molecular formula is C18H18F3N3O2S2. The maximum absolute atomic E-state index is 13.9. The van der Waals surface area contributed by atoms with Crippen LogP contribution in [-0.4, -0.2) is 42.0 Å². The Bertz CT molecular complexity index is 869. The molecule has 0 unspecified atom stereocenters. The molecule has 28 heavy (non-hydrogen) atoms. The van der Waals surface area contributed by atoms with E-state index in [1.807, 2.05) is 24.3 Å². The van der Waals surface area contributed by atoms with Gasteiger partial charge in [-0.15, -0.1) is 11.3 Å². The second-order valence-electron chi connectivity index (χ2n) is 6.65. The fraction of sp³-hybridized carbons (Fsp3) is 0.333. The minimum absolute atomic E-state index is 0.124. The van der Waals surface area contributed by atoms with Crippen molar-refractivity contribution >= 4 is 40.1 Å². The Hall–Kier alpha value is -2.17. The van der Waals surface area contributed by atoms with E-state index < -0.39 is 29.6 Å². The Morgan fingerprint density at radius 3 is 2.39 bits per heavy atom. The van der Waals surface area contributed by atoms with E-state index in [1.54, 1.807) is 35.7 Å². The van der Waals surface area contributed by atoms with Crippen LogP contribution in [0.15, 0.2) is 41.8 Å². The molecule has 1 aromatic heterocycles. The number of nitrogens with one attached hydrogen (secondary N) is 2. The van der Waals surface area contributed by atoms with Crippen molar-refractivity contribution in [2.75, 3.05) is 19.0 Å². The summed E-state index contributed by atoms with van der Waals surface area (Å²) in [4.78, 5) is 15.0. The van der Waals surface area contributed by atoms with Crippen molar-refractivity contribution in [1.29, 1.82) is 0 Å². The van der Waals surface area contributed by atoms with Crippen LogP contribution in [0.5, 0.6) is 0 Å². The van der Waals surface area contributed by atoms with Crippen molar-refractivity contribution in [3.8, 4) is 0 Å². The number of nitrogens with zero attached hydrogens (tertiary/aromatic N) is 1. The van der Waals surface area contributed by atoms with Gasteiger partial charge in [0, 0.05) is 19.8 Å². The van der Waals surface area contributed by atoms with E-state index in [9.17, 15) is 23.1 Å². The third kappa shape index (κ3) is 3.59. The Labute approximate surface area is 169 Å². The van der Waals surface area contributed by atoms with E-state index in [0.29, 0.717) is 5.56 Å². The SMILES string of the molecule is CN(C)c1ccc([C@@H]2NC(=S)N[C@@](O)(C(F)(F)F)[C@@H]2C(=O)c2cccs2)cc1. The minimum Gasteiger partial charge on any atom is -0.378 e.